The molecule has 0 aromatic heterocycles. The van der Waals surface area contributed by atoms with E-state index in [1.54, 1.807) is 0 Å². The first kappa shape index (κ1) is 23.8. The fourth-order valence-corrected chi connectivity index (χ4v) is 1.45. The van der Waals surface area contributed by atoms with E-state index in [0.29, 0.717) is 72.7 Å². The van der Waals surface area contributed by atoms with E-state index in [4.69, 9.17) is 38.3 Å². The summed E-state index contributed by atoms with van der Waals surface area (Å²) in [6, 6.07) is 0. The lowest BCUT2D eigenvalue weighted by molar-refractivity contribution is -0.142. The van der Waals surface area contributed by atoms with E-state index in [0.717, 1.165) is 0 Å². The second kappa shape index (κ2) is 20.8. The Labute approximate surface area is 148 Å². The summed E-state index contributed by atoms with van der Waals surface area (Å²) in [5, 5.41) is 8.35. The van der Waals surface area contributed by atoms with Crippen LogP contribution in [0.2, 0.25) is 0 Å². The molecule has 0 atom stereocenters. The van der Waals surface area contributed by atoms with Crippen LogP contribution in [0.5, 0.6) is 0 Å². The number of carboxylic acid groups (broad SMARTS) is 1. The van der Waals surface area contributed by atoms with Crippen LogP contribution < -0.4 is 0 Å². The third kappa shape index (κ3) is 22.8. The van der Waals surface area contributed by atoms with Crippen LogP contribution >= 0.6 is 0 Å². The highest BCUT2D eigenvalue weighted by atomic mass is 16.6. The summed E-state index contributed by atoms with van der Waals surface area (Å²) in [6.07, 6.45) is 1.38. The Morgan fingerprint density at radius 2 is 0.960 bits per heavy atom. The molecular formula is C16H30O9. The van der Waals surface area contributed by atoms with Gasteiger partial charge in [-0.05, 0) is 0 Å². The maximum atomic E-state index is 10.2. The predicted molar refractivity (Wildman–Crippen MR) is 88.7 cm³/mol. The van der Waals surface area contributed by atoms with Gasteiger partial charge in [0.15, 0.2) is 0 Å². The van der Waals surface area contributed by atoms with E-state index < -0.39 is 5.97 Å². The molecular weight excluding hydrogens is 336 g/mol. The Kier molecular flexibility index (Phi) is 19.8. The van der Waals surface area contributed by atoms with Crippen molar-refractivity contribution in [3.63, 3.8) is 0 Å². The molecule has 9 heteroatoms. The molecule has 0 aliphatic carbocycles. The Morgan fingerprint density at radius 1 is 0.640 bits per heavy atom. The van der Waals surface area contributed by atoms with Gasteiger partial charge in [-0.15, -0.1) is 0 Å². The average Bonchev–Trinajstić information content (AvgIpc) is 2.60. The number of carbonyl (C=O) groups is 1. The van der Waals surface area contributed by atoms with Gasteiger partial charge in [0.1, 0.15) is 13.2 Å². The second-order valence-electron chi connectivity index (χ2n) is 4.55. The lowest BCUT2D eigenvalue weighted by Gasteiger charge is -2.08. The van der Waals surface area contributed by atoms with E-state index in [1.165, 1.54) is 6.26 Å². The SMILES string of the molecule is C=COCCOCCOCCOCCOCCOCCOCC(=O)O. The van der Waals surface area contributed by atoms with E-state index in [1.807, 2.05) is 0 Å². The van der Waals surface area contributed by atoms with Crippen LogP contribution in [0.15, 0.2) is 12.8 Å². The molecule has 0 unspecified atom stereocenters. The molecule has 0 aromatic carbocycles. The molecule has 0 amide bonds. The highest BCUT2D eigenvalue weighted by Gasteiger charge is 1.96. The topological polar surface area (TPSA) is 102 Å². The molecule has 1 N–H and O–H groups in total. The van der Waals surface area contributed by atoms with Gasteiger partial charge in [0.2, 0.25) is 0 Å². The van der Waals surface area contributed by atoms with Crippen LogP contribution in [0.4, 0.5) is 0 Å². The third-order valence-electron chi connectivity index (χ3n) is 2.55. The molecule has 0 aliphatic heterocycles. The minimum absolute atomic E-state index is 0.253. The van der Waals surface area contributed by atoms with E-state index in [9.17, 15) is 4.79 Å². The maximum Gasteiger partial charge on any atom is 0.329 e. The number of hydrogen-bond donors (Lipinski definition) is 1. The molecule has 25 heavy (non-hydrogen) atoms. The van der Waals surface area contributed by atoms with Gasteiger partial charge in [0.25, 0.3) is 0 Å². The van der Waals surface area contributed by atoms with Crippen molar-refractivity contribution in [2.75, 3.05) is 85.9 Å². The van der Waals surface area contributed by atoms with E-state index in [-0.39, 0.29) is 13.2 Å². The van der Waals surface area contributed by atoms with E-state index in [2.05, 4.69) is 6.58 Å². The molecule has 0 fully saturated rings. The van der Waals surface area contributed by atoms with Crippen molar-refractivity contribution in [1.82, 2.24) is 0 Å². The molecule has 0 saturated carbocycles. The molecule has 0 bridgehead atoms. The van der Waals surface area contributed by atoms with Gasteiger partial charge in [-0.25, -0.2) is 4.79 Å². The number of rotatable bonds is 21. The predicted octanol–water partition coefficient (Wildman–Crippen LogP) is 0.331. The largest absolute Gasteiger partial charge is 0.499 e. The molecule has 0 heterocycles. The highest BCUT2D eigenvalue weighted by Crippen LogP contribution is 1.85. The zero-order valence-electron chi connectivity index (χ0n) is 14.7. The Balaban J connectivity index is 2.98. The number of ether oxygens (including phenoxy) is 7. The Hall–Kier alpha value is -1.23. The maximum absolute atomic E-state index is 10.2. The number of carboxylic acids is 1. The summed E-state index contributed by atoms with van der Waals surface area (Å²) in [5.74, 6) is -0.989. The third-order valence-corrected chi connectivity index (χ3v) is 2.55. The van der Waals surface area contributed by atoms with Gasteiger partial charge in [0.05, 0.1) is 78.9 Å². The standard InChI is InChI=1S/C16H30O9/c1-2-19-3-4-20-5-6-21-7-8-22-9-10-23-11-12-24-13-14-25-15-16(17)18/h2H,1,3-15H2,(H,17,18). The van der Waals surface area contributed by atoms with Crippen LogP contribution in [0.1, 0.15) is 0 Å². The lowest BCUT2D eigenvalue weighted by atomic mass is 10.6. The molecule has 148 valence electrons. The smallest absolute Gasteiger partial charge is 0.329 e. The van der Waals surface area contributed by atoms with Gasteiger partial charge < -0.3 is 38.3 Å². The average molecular weight is 366 g/mol. The summed E-state index contributed by atoms with van der Waals surface area (Å²) >= 11 is 0. The first-order valence-corrected chi connectivity index (χ1v) is 8.18. The molecule has 0 rings (SSSR count). The van der Waals surface area contributed by atoms with Crippen molar-refractivity contribution in [3.05, 3.63) is 12.8 Å². The summed E-state index contributed by atoms with van der Waals surface area (Å²) in [5.41, 5.74) is 0. The normalized spacial score (nSPS) is 10.7. The first-order valence-electron chi connectivity index (χ1n) is 8.18. The summed E-state index contributed by atoms with van der Waals surface area (Å²) < 4.78 is 36.1. The quantitative estimate of drug-likeness (QED) is 0.227. The van der Waals surface area contributed by atoms with Crippen LogP contribution in [-0.4, -0.2) is 97.0 Å². The monoisotopic (exact) mass is 366 g/mol. The molecule has 9 nitrogen and oxygen atoms in total. The first-order chi connectivity index (χ1) is 12.3. The van der Waals surface area contributed by atoms with Crippen LogP contribution in [0.3, 0.4) is 0 Å². The minimum Gasteiger partial charge on any atom is -0.499 e. The van der Waals surface area contributed by atoms with Gasteiger partial charge in [-0.1, -0.05) is 6.58 Å². The molecule has 0 spiro atoms. The van der Waals surface area contributed by atoms with Gasteiger partial charge >= 0.3 is 5.97 Å². The second-order valence-corrected chi connectivity index (χ2v) is 4.55. The molecule has 0 aliphatic rings. The van der Waals surface area contributed by atoms with Gasteiger partial charge in [-0.3, -0.25) is 0 Å². The van der Waals surface area contributed by atoms with Crippen molar-refractivity contribution in [3.8, 4) is 0 Å². The Morgan fingerprint density at radius 3 is 1.28 bits per heavy atom. The van der Waals surface area contributed by atoms with Crippen molar-refractivity contribution in [1.29, 1.82) is 0 Å². The van der Waals surface area contributed by atoms with Crippen molar-refractivity contribution in [2.45, 2.75) is 0 Å². The molecule has 0 saturated heterocycles. The van der Waals surface area contributed by atoms with Crippen molar-refractivity contribution in [2.24, 2.45) is 0 Å². The summed E-state index contributed by atoms with van der Waals surface area (Å²) in [7, 11) is 0. The van der Waals surface area contributed by atoms with E-state index >= 15 is 0 Å². The van der Waals surface area contributed by atoms with Gasteiger partial charge in [-0.2, -0.15) is 0 Å². The minimum atomic E-state index is -0.989. The number of hydrogen-bond acceptors (Lipinski definition) is 8. The fourth-order valence-electron chi connectivity index (χ4n) is 1.45. The van der Waals surface area contributed by atoms with Crippen LogP contribution in [0, 0.1) is 0 Å². The Bertz CT molecular complexity index is 299. The van der Waals surface area contributed by atoms with Crippen LogP contribution in [-0.2, 0) is 38.0 Å². The number of aliphatic carboxylic acids is 1. The van der Waals surface area contributed by atoms with Crippen molar-refractivity contribution >= 4 is 5.97 Å². The highest BCUT2D eigenvalue weighted by molar-refractivity contribution is 5.67. The van der Waals surface area contributed by atoms with Crippen molar-refractivity contribution < 1.29 is 43.1 Å². The molecule has 0 radical (unpaired) electrons. The zero-order valence-corrected chi connectivity index (χ0v) is 14.7. The summed E-state index contributed by atoms with van der Waals surface area (Å²) in [6.45, 7) is 8.61. The van der Waals surface area contributed by atoms with Gasteiger partial charge in [0, 0.05) is 0 Å². The molecule has 0 aromatic rings. The fraction of sp³-hybridized carbons (Fsp3) is 0.812. The summed E-state index contributed by atoms with van der Waals surface area (Å²) in [4.78, 5) is 10.2. The lowest BCUT2D eigenvalue weighted by Crippen LogP contribution is -2.15. The van der Waals surface area contributed by atoms with Crippen LogP contribution in [0.25, 0.3) is 0 Å². The zero-order chi connectivity index (χ0) is 18.4.